The van der Waals surface area contributed by atoms with Crippen LogP contribution in [0.2, 0.25) is 0 Å². The molecule has 0 bridgehead atoms. The summed E-state index contributed by atoms with van der Waals surface area (Å²) in [5.41, 5.74) is 0. The van der Waals surface area contributed by atoms with E-state index < -0.39 is 16.1 Å². The Kier molecular flexibility index (Phi) is 9.03. The van der Waals surface area contributed by atoms with Crippen molar-refractivity contribution in [3.05, 3.63) is 0 Å². The van der Waals surface area contributed by atoms with Gasteiger partial charge in [0.25, 0.3) is 0 Å². The minimum absolute atomic E-state index is 0.0386. The fraction of sp³-hybridized carbons (Fsp3) is 0.923. The molecular formula is C13H28N2O5S. The van der Waals surface area contributed by atoms with E-state index in [4.69, 9.17) is 9.47 Å². The van der Waals surface area contributed by atoms with Crippen LogP contribution < -0.4 is 0 Å². The van der Waals surface area contributed by atoms with Gasteiger partial charge in [-0.25, -0.2) is 8.42 Å². The van der Waals surface area contributed by atoms with Crippen LogP contribution in [0, 0.1) is 0 Å². The molecule has 0 spiro atoms. The SMILES string of the molecule is CCN(C[C@@H](COC(=O)CN(C)C)OC(C)C)S(C)(=O)=O. The molecule has 0 rings (SSSR count). The van der Waals surface area contributed by atoms with Crippen molar-refractivity contribution >= 4 is 16.0 Å². The van der Waals surface area contributed by atoms with Crippen LogP contribution in [0.3, 0.4) is 0 Å². The second-order valence-electron chi connectivity index (χ2n) is 5.44. The first-order valence-corrected chi connectivity index (χ1v) is 8.82. The average Bonchev–Trinajstić information content (AvgIpc) is 2.29. The molecule has 7 nitrogen and oxygen atoms in total. The highest BCUT2D eigenvalue weighted by Gasteiger charge is 2.22. The van der Waals surface area contributed by atoms with Crippen LogP contribution in [0.5, 0.6) is 0 Å². The predicted molar refractivity (Wildman–Crippen MR) is 81.6 cm³/mol. The fourth-order valence-corrected chi connectivity index (χ4v) is 2.64. The quantitative estimate of drug-likeness (QED) is 0.533. The van der Waals surface area contributed by atoms with Gasteiger partial charge in [0.2, 0.25) is 10.0 Å². The Morgan fingerprint density at radius 3 is 2.19 bits per heavy atom. The van der Waals surface area contributed by atoms with Crippen LogP contribution in [0.1, 0.15) is 20.8 Å². The van der Waals surface area contributed by atoms with E-state index in [1.54, 1.807) is 25.9 Å². The lowest BCUT2D eigenvalue weighted by molar-refractivity contribution is -0.150. The Bertz CT molecular complexity index is 409. The molecule has 0 unspecified atom stereocenters. The summed E-state index contributed by atoms with van der Waals surface area (Å²) in [7, 11) is 0.241. The first-order valence-electron chi connectivity index (χ1n) is 6.97. The van der Waals surface area contributed by atoms with Crippen molar-refractivity contribution in [2.75, 3.05) is 46.6 Å². The number of carbonyl (C=O) groups excluding carboxylic acids is 1. The summed E-state index contributed by atoms with van der Waals surface area (Å²) >= 11 is 0. The molecule has 1 atom stereocenters. The zero-order valence-corrected chi connectivity index (χ0v) is 14.6. The normalized spacial score (nSPS) is 14.0. The van der Waals surface area contributed by atoms with E-state index >= 15 is 0 Å². The monoisotopic (exact) mass is 324 g/mol. The Morgan fingerprint density at radius 1 is 1.24 bits per heavy atom. The highest BCUT2D eigenvalue weighted by molar-refractivity contribution is 7.88. The maximum Gasteiger partial charge on any atom is 0.320 e. The number of hydrogen-bond acceptors (Lipinski definition) is 6. The molecule has 0 saturated heterocycles. The maximum atomic E-state index is 11.6. The topological polar surface area (TPSA) is 76.2 Å². The van der Waals surface area contributed by atoms with Gasteiger partial charge >= 0.3 is 5.97 Å². The third-order valence-electron chi connectivity index (χ3n) is 2.57. The summed E-state index contributed by atoms with van der Waals surface area (Å²) in [6.45, 7) is 6.20. The Labute approximate surface area is 128 Å². The van der Waals surface area contributed by atoms with Crippen molar-refractivity contribution in [3.63, 3.8) is 0 Å². The van der Waals surface area contributed by atoms with Crippen LogP contribution in [0.25, 0.3) is 0 Å². The van der Waals surface area contributed by atoms with Crippen molar-refractivity contribution in [1.29, 1.82) is 0 Å². The number of hydrogen-bond donors (Lipinski definition) is 0. The van der Waals surface area contributed by atoms with Gasteiger partial charge in [-0.1, -0.05) is 6.92 Å². The molecular weight excluding hydrogens is 296 g/mol. The van der Waals surface area contributed by atoms with Crippen molar-refractivity contribution in [1.82, 2.24) is 9.21 Å². The minimum atomic E-state index is -3.30. The predicted octanol–water partition coefficient (Wildman–Crippen LogP) is 0.166. The van der Waals surface area contributed by atoms with E-state index in [1.165, 1.54) is 4.31 Å². The smallest absolute Gasteiger partial charge is 0.320 e. The Balaban J connectivity index is 4.62. The van der Waals surface area contributed by atoms with E-state index in [1.807, 2.05) is 13.8 Å². The number of likely N-dealkylation sites (N-methyl/N-ethyl adjacent to an activating group) is 2. The largest absolute Gasteiger partial charge is 0.462 e. The van der Waals surface area contributed by atoms with Crippen LogP contribution >= 0.6 is 0 Å². The molecule has 0 fully saturated rings. The Hall–Kier alpha value is -0.700. The molecule has 0 aliphatic heterocycles. The lowest BCUT2D eigenvalue weighted by Crippen LogP contribution is -2.41. The minimum Gasteiger partial charge on any atom is -0.462 e. The van der Waals surface area contributed by atoms with Crippen LogP contribution in [-0.4, -0.2) is 82.4 Å². The van der Waals surface area contributed by atoms with Gasteiger partial charge in [0.05, 0.1) is 18.9 Å². The van der Waals surface area contributed by atoms with Gasteiger partial charge in [0, 0.05) is 13.1 Å². The van der Waals surface area contributed by atoms with E-state index in [2.05, 4.69) is 0 Å². The van der Waals surface area contributed by atoms with Gasteiger partial charge in [0.15, 0.2) is 0 Å². The van der Waals surface area contributed by atoms with Gasteiger partial charge in [-0.05, 0) is 27.9 Å². The van der Waals surface area contributed by atoms with Crippen LogP contribution in [-0.2, 0) is 24.3 Å². The van der Waals surface area contributed by atoms with E-state index in [-0.39, 0.29) is 31.8 Å². The number of esters is 1. The summed E-state index contributed by atoms with van der Waals surface area (Å²) in [6.07, 6.45) is 0.590. The summed E-state index contributed by atoms with van der Waals surface area (Å²) in [5, 5.41) is 0. The zero-order valence-electron chi connectivity index (χ0n) is 13.8. The molecule has 0 saturated carbocycles. The molecule has 0 heterocycles. The third kappa shape index (κ3) is 9.78. The Morgan fingerprint density at radius 2 is 1.81 bits per heavy atom. The lowest BCUT2D eigenvalue weighted by atomic mass is 10.3. The van der Waals surface area contributed by atoms with Crippen molar-refractivity contribution in [3.8, 4) is 0 Å². The summed E-state index contributed by atoms with van der Waals surface area (Å²) in [5.74, 6) is -0.361. The molecule has 0 amide bonds. The van der Waals surface area contributed by atoms with Crippen molar-refractivity contribution in [2.45, 2.75) is 33.0 Å². The second-order valence-corrected chi connectivity index (χ2v) is 7.42. The maximum absolute atomic E-state index is 11.6. The molecule has 0 aromatic carbocycles. The average molecular weight is 324 g/mol. The van der Waals surface area contributed by atoms with E-state index in [0.29, 0.717) is 6.54 Å². The molecule has 8 heteroatoms. The van der Waals surface area contributed by atoms with Crippen LogP contribution in [0.15, 0.2) is 0 Å². The summed E-state index contributed by atoms with van der Waals surface area (Å²) in [4.78, 5) is 13.2. The van der Waals surface area contributed by atoms with Gasteiger partial charge < -0.3 is 9.47 Å². The molecule has 0 radical (unpaired) electrons. The van der Waals surface area contributed by atoms with Gasteiger partial charge in [-0.2, -0.15) is 4.31 Å². The number of carbonyl (C=O) groups is 1. The molecule has 0 N–H and O–H groups in total. The van der Waals surface area contributed by atoms with E-state index in [0.717, 1.165) is 6.26 Å². The lowest BCUT2D eigenvalue weighted by Gasteiger charge is -2.26. The first-order chi connectivity index (χ1) is 9.56. The molecule has 126 valence electrons. The summed E-state index contributed by atoms with van der Waals surface area (Å²) in [6, 6.07) is 0. The van der Waals surface area contributed by atoms with Crippen molar-refractivity contribution < 1.29 is 22.7 Å². The number of rotatable bonds is 10. The molecule has 0 aliphatic carbocycles. The van der Waals surface area contributed by atoms with Crippen molar-refractivity contribution in [2.24, 2.45) is 0 Å². The van der Waals surface area contributed by atoms with E-state index in [9.17, 15) is 13.2 Å². The zero-order chi connectivity index (χ0) is 16.6. The summed E-state index contributed by atoms with van der Waals surface area (Å²) < 4.78 is 35.3. The first kappa shape index (κ1) is 20.3. The second kappa shape index (κ2) is 9.34. The third-order valence-corrected chi connectivity index (χ3v) is 3.91. The number of nitrogens with zero attached hydrogens (tertiary/aromatic N) is 2. The van der Waals surface area contributed by atoms with Gasteiger partial charge in [-0.15, -0.1) is 0 Å². The highest BCUT2D eigenvalue weighted by Crippen LogP contribution is 2.06. The molecule has 0 aromatic heterocycles. The fourth-order valence-electron chi connectivity index (χ4n) is 1.74. The van der Waals surface area contributed by atoms with Crippen LogP contribution in [0.4, 0.5) is 0 Å². The highest BCUT2D eigenvalue weighted by atomic mass is 32.2. The molecule has 0 aromatic rings. The molecule has 21 heavy (non-hydrogen) atoms. The standard InChI is InChI=1S/C13H28N2O5S/c1-7-15(21(6,17)18)8-12(20-11(2)3)10-19-13(16)9-14(4)5/h11-12H,7-10H2,1-6H3/t12-/m0/s1. The number of ether oxygens (including phenoxy) is 2. The molecule has 0 aliphatic rings. The number of sulfonamides is 1. The van der Waals surface area contributed by atoms with Gasteiger partial charge in [-0.3, -0.25) is 9.69 Å². The van der Waals surface area contributed by atoms with Gasteiger partial charge in [0.1, 0.15) is 12.7 Å².